The molecule has 1 aromatic carbocycles. The number of nitrogens with zero attached hydrogens (tertiary/aromatic N) is 2. The van der Waals surface area contributed by atoms with Gasteiger partial charge in [0.25, 0.3) is 0 Å². The van der Waals surface area contributed by atoms with E-state index in [1.54, 1.807) is 29.5 Å². The van der Waals surface area contributed by atoms with Crippen LogP contribution in [0.15, 0.2) is 76.7 Å². The zero-order valence-electron chi connectivity index (χ0n) is 14.1. The number of thiophene rings is 1. The fourth-order valence-corrected chi connectivity index (χ4v) is 3.37. The summed E-state index contributed by atoms with van der Waals surface area (Å²) in [5, 5.41) is 6.73. The number of carbonyl (C=O) groups excluding carboxylic acids is 1. The van der Waals surface area contributed by atoms with Gasteiger partial charge in [-0.3, -0.25) is 4.79 Å². The number of hydrogen-bond acceptors (Lipinski definition) is 4. The van der Waals surface area contributed by atoms with Crippen molar-refractivity contribution in [3.05, 3.63) is 89.3 Å². The molecule has 0 aliphatic carbocycles. The van der Waals surface area contributed by atoms with Crippen molar-refractivity contribution >= 4 is 23.2 Å². The van der Waals surface area contributed by atoms with Gasteiger partial charge in [0.2, 0.25) is 5.78 Å². The monoisotopic (exact) mass is 360 g/mol. The van der Waals surface area contributed by atoms with Gasteiger partial charge in [0, 0.05) is 11.8 Å². The average molecular weight is 360 g/mol. The standard InChI is InChI=1S/C21H16N2O2S/c1-15-9-12-19(25-15)18(24)11-10-16-14-23(17-6-3-2-4-7-17)22-21(16)20-8-5-13-26-20/h2-14H,1H3. The summed E-state index contributed by atoms with van der Waals surface area (Å²) in [7, 11) is 0. The number of allylic oxidation sites excluding steroid dienone is 1. The van der Waals surface area contributed by atoms with Crippen molar-refractivity contribution in [3.63, 3.8) is 0 Å². The molecule has 0 saturated heterocycles. The Labute approximate surface area is 155 Å². The van der Waals surface area contributed by atoms with Crippen molar-refractivity contribution in [2.75, 3.05) is 0 Å². The molecule has 0 N–H and O–H groups in total. The van der Waals surface area contributed by atoms with Crippen LogP contribution >= 0.6 is 11.3 Å². The van der Waals surface area contributed by atoms with Gasteiger partial charge in [-0.1, -0.05) is 24.3 Å². The number of ketones is 1. The largest absolute Gasteiger partial charge is 0.458 e. The van der Waals surface area contributed by atoms with E-state index in [4.69, 9.17) is 9.52 Å². The van der Waals surface area contributed by atoms with Crippen LogP contribution in [0.5, 0.6) is 0 Å². The van der Waals surface area contributed by atoms with Crippen molar-refractivity contribution in [1.82, 2.24) is 9.78 Å². The van der Waals surface area contributed by atoms with Gasteiger partial charge in [-0.25, -0.2) is 4.68 Å². The highest BCUT2D eigenvalue weighted by Gasteiger charge is 2.12. The number of furan rings is 1. The van der Waals surface area contributed by atoms with Crippen LogP contribution in [0.3, 0.4) is 0 Å². The molecule has 0 unspecified atom stereocenters. The summed E-state index contributed by atoms with van der Waals surface area (Å²) in [5.74, 6) is 0.896. The number of aryl methyl sites for hydroxylation is 1. The maximum absolute atomic E-state index is 12.3. The van der Waals surface area contributed by atoms with Gasteiger partial charge in [-0.05, 0) is 54.8 Å². The van der Waals surface area contributed by atoms with Crippen molar-refractivity contribution in [2.45, 2.75) is 6.92 Å². The molecular formula is C21H16N2O2S. The molecule has 4 rings (SSSR count). The molecule has 0 bridgehead atoms. The third kappa shape index (κ3) is 3.30. The van der Waals surface area contributed by atoms with Crippen LogP contribution in [0.25, 0.3) is 22.3 Å². The van der Waals surface area contributed by atoms with Crippen LogP contribution in [-0.4, -0.2) is 15.6 Å². The second-order valence-electron chi connectivity index (χ2n) is 5.80. The first kappa shape index (κ1) is 16.3. The normalized spacial score (nSPS) is 11.3. The maximum Gasteiger partial charge on any atom is 0.221 e. The molecule has 0 aliphatic rings. The van der Waals surface area contributed by atoms with Gasteiger partial charge >= 0.3 is 0 Å². The molecule has 4 aromatic rings. The first-order valence-electron chi connectivity index (χ1n) is 8.18. The molecule has 0 fully saturated rings. The zero-order chi connectivity index (χ0) is 17.9. The Balaban J connectivity index is 1.71. The Hall–Kier alpha value is -3.18. The lowest BCUT2D eigenvalue weighted by atomic mass is 10.2. The third-order valence-corrected chi connectivity index (χ3v) is 4.79. The van der Waals surface area contributed by atoms with Gasteiger partial charge in [0.1, 0.15) is 11.5 Å². The quantitative estimate of drug-likeness (QED) is 0.354. The third-order valence-electron chi connectivity index (χ3n) is 3.92. The van der Waals surface area contributed by atoms with Gasteiger partial charge < -0.3 is 4.42 Å². The lowest BCUT2D eigenvalue weighted by Gasteiger charge is -1.99. The molecule has 0 atom stereocenters. The minimum absolute atomic E-state index is 0.164. The van der Waals surface area contributed by atoms with E-state index in [9.17, 15) is 4.79 Å². The molecule has 26 heavy (non-hydrogen) atoms. The van der Waals surface area contributed by atoms with Gasteiger partial charge in [0.05, 0.1) is 10.6 Å². The molecule has 0 aliphatic heterocycles. The summed E-state index contributed by atoms with van der Waals surface area (Å²) >= 11 is 1.62. The van der Waals surface area contributed by atoms with Gasteiger partial charge in [0.15, 0.2) is 5.76 Å². The molecule has 0 spiro atoms. The summed E-state index contributed by atoms with van der Waals surface area (Å²) < 4.78 is 7.22. The summed E-state index contributed by atoms with van der Waals surface area (Å²) in [6.07, 6.45) is 5.25. The van der Waals surface area contributed by atoms with Crippen LogP contribution in [0, 0.1) is 6.92 Å². The van der Waals surface area contributed by atoms with E-state index in [1.807, 2.05) is 65.6 Å². The fraction of sp³-hybridized carbons (Fsp3) is 0.0476. The number of carbonyl (C=O) groups is 1. The molecule has 4 nitrogen and oxygen atoms in total. The lowest BCUT2D eigenvalue weighted by molar-refractivity contribution is 0.102. The Morgan fingerprint density at radius 2 is 1.96 bits per heavy atom. The Kier molecular flexibility index (Phi) is 4.37. The van der Waals surface area contributed by atoms with Crippen LogP contribution in [-0.2, 0) is 0 Å². The second kappa shape index (κ2) is 6.98. The fourth-order valence-electron chi connectivity index (χ4n) is 2.64. The molecule has 3 aromatic heterocycles. The van der Waals surface area contributed by atoms with Crippen LogP contribution in [0.2, 0.25) is 0 Å². The highest BCUT2D eigenvalue weighted by molar-refractivity contribution is 7.13. The van der Waals surface area contributed by atoms with E-state index in [1.165, 1.54) is 6.08 Å². The zero-order valence-corrected chi connectivity index (χ0v) is 14.9. The first-order valence-corrected chi connectivity index (χ1v) is 9.06. The van der Waals surface area contributed by atoms with E-state index < -0.39 is 0 Å². The van der Waals surface area contributed by atoms with E-state index in [0.29, 0.717) is 5.76 Å². The van der Waals surface area contributed by atoms with Gasteiger partial charge in [-0.15, -0.1) is 11.3 Å². The van der Waals surface area contributed by atoms with E-state index >= 15 is 0 Å². The van der Waals surface area contributed by atoms with Gasteiger partial charge in [-0.2, -0.15) is 5.10 Å². The molecule has 5 heteroatoms. The highest BCUT2D eigenvalue weighted by Crippen LogP contribution is 2.28. The van der Waals surface area contributed by atoms with Crippen molar-refractivity contribution < 1.29 is 9.21 Å². The summed E-state index contributed by atoms with van der Waals surface area (Å²) in [4.78, 5) is 13.4. The maximum atomic E-state index is 12.3. The van der Waals surface area contributed by atoms with E-state index in [0.717, 1.165) is 27.6 Å². The highest BCUT2D eigenvalue weighted by atomic mass is 32.1. The molecule has 0 radical (unpaired) electrons. The van der Waals surface area contributed by atoms with Crippen molar-refractivity contribution in [2.24, 2.45) is 0 Å². The molecule has 0 saturated carbocycles. The van der Waals surface area contributed by atoms with Crippen LogP contribution in [0.1, 0.15) is 21.9 Å². The number of para-hydroxylation sites is 1. The molecular weight excluding hydrogens is 344 g/mol. The lowest BCUT2D eigenvalue weighted by Crippen LogP contribution is -1.93. The second-order valence-corrected chi connectivity index (χ2v) is 6.75. The van der Waals surface area contributed by atoms with Crippen molar-refractivity contribution in [1.29, 1.82) is 0 Å². The van der Waals surface area contributed by atoms with E-state index in [-0.39, 0.29) is 5.78 Å². The Bertz CT molecular complexity index is 1060. The predicted octanol–water partition coefficient (Wildman–Crippen LogP) is 5.40. The smallest absolute Gasteiger partial charge is 0.221 e. The molecule has 0 amide bonds. The molecule has 128 valence electrons. The summed E-state index contributed by atoms with van der Waals surface area (Å²) in [5.41, 5.74) is 2.70. The molecule has 3 heterocycles. The minimum atomic E-state index is -0.164. The summed E-state index contributed by atoms with van der Waals surface area (Å²) in [6.45, 7) is 1.82. The number of aromatic nitrogens is 2. The topological polar surface area (TPSA) is 48.0 Å². The summed E-state index contributed by atoms with van der Waals surface area (Å²) in [6, 6.07) is 17.4. The van der Waals surface area contributed by atoms with Crippen LogP contribution in [0.4, 0.5) is 0 Å². The Morgan fingerprint density at radius 1 is 1.12 bits per heavy atom. The number of hydrogen-bond donors (Lipinski definition) is 0. The predicted molar refractivity (Wildman–Crippen MR) is 104 cm³/mol. The van der Waals surface area contributed by atoms with Crippen LogP contribution < -0.4 is 0 Å². The van der Waals surface area contributed by atoms with E-state index in [2.05, 4.69) is 0 Å². The Morgan fingerprint density at radius 3 is 2.65 bits per heavy atom. The van der Waals surface area contributed by atoms with Crippen molar-refractivity contribution in [3.8, 4) is 16.3 Å². The first-order chi connectivity index (χ1) is 12.7. The average Bonchev–Trinajstić information content (AvgIpc) is 3.40. The minimum Gasteiger partial charge on any atom is -0.458 e. The number of rotatable bonds is 5. The SMILES string of the molecule is Cc1ccc(C(=O)C=Cc2cn(-c3ccccc3)nc2-c2cccs2)o1. The number of benzene rings is 1.